The highest BCUT2D eigenvalue weighted by molar-refractivity contribution is 7.90. The number of carbonyl (C=O) groups is 2. The van der Waals surface area contributed by atoms with Crippen molar-refractivity contribution in [2.45, 2.75) is 45.6 Å². The molecule has 1 heterocycles. The Morgan fingerprint density at radius 1 is 1.38 bits per heavy atom. The lowest BCUT2D eigenvalue weighted by atomic mass is 9.92. The SMILES string of the molecule is CC(C)(C)OC(=O)N1CCC(=O)C(CCCS(C)(=O)=O)C1. The first-order chi connectivity index (χ1) is 9.48. The molecule has 0 aromatic carbocycles. The molecule has 1 aliphatic rings. The maximum atomic E-state index is 12.0. The first-order valence-corrected chi connectivity index (χ1v) is 9.22. The van der Waals surface area contributed by atoms with E-state index >= 15 is 0 Å². The van der Waals surface area contributed by atoms with Crippen LogP contribution in [0.3, 0.4) is 0 Å². The van der Waals surface area contributed by atoms with Crippen LogP contribution in [0.5, 0.6) is 0 Å². The molecule has 7 heteroatoms. The van der Waals surface area contributed by atoms with Crippen molar-refractivity contribution < 1.29 is 22.7 Å². The van der Waals surface area contributed by atoms with Crippen molar-refractivity contribution in [3.05, 3.63) is 0 Å². The largest absolute Gasteiger partial charge is 0.444 e. The molecular formula is C14H25NO5S. The Bertz CT molecular complexity index is 492. The molecule has 1 unspecified atom stereocenters. The molecule has 1 aliphatic heterocycles. The fourth-order valence-electron chi connectivity index (χ4n) is 2.24. The van der Waals surface area contributed by atoms with Gasteiger partial charge in [0, 0.05) is 37.4 Å². The maximum Gasteiger partial charge on any atom is 0.410 e. The van der Waals surface area contributed by atoms with E-state index in [4.69, 9.17) is 4.74 Å². The first-order valence-electron chi connectivity index (χ1n) is 7.16. The first kappa shape index (κ1) is 17.9. The third-order valence-corrected chi connectivity index (χ3v) is 4.27. The Morgan fingerprint density at radius 2 is 2.00 bits per heavy atom. The summed E-state index contributed by atoms with van der Waals surface area (Å²) in [5.74, 6) is -0.111. The number of piperidine rings is 1. The molecule has 1 rings (SSSR count). The van der Waals surface area contributed by atoms with Crippen LogP contribution >= 0.6 is 0 Å². The van der Waals surface area contributed by atoms with E-state index in [1.165, 1.54) is 11.2 Å². The van der Waals surface area contributed by atoms with Crippen LogP contribution in [0.25, 0.3) is 0 Å². The van der Waals surface area contributed by atoms with Gasteiger partial charge in [-0.05, 0) is 33.6 Å². The third-order valence-electron chi connectivity index (χ3n) is 3.24. The second-order valence-corrected chi connectivity index (χ2v) is 8.87. The van der Waals surface area contributed by atoms with Gasteiger partial charge < -0.3 is 9.64 Å². The average molecular weight is 319 g/mol. The number of carbonyl (C=O) groups excluding carboxylic acids is 2. The molecule has 0 aromatic heterocycles. The predicted octanol–water partition coefficient (Wildman–Crippen LogP) is 1.64. The molecule has 1 amide bonds. The standard InChI is InChI=1S/C14H25NO5S/c1-14(2,3)20-13(17)15-8-7-12(16)11(10-15)6-5-9-21(4,18)19/h11H,5-10H2,1-4H3. The predicted molar refractivity (Wildman–Crippen MR) is 79.9 cm³/mol. The van der Waals surface area contributed by atoms with Gasteiger partial charge in [-0.15, -0.1) is 0 Å². The zero-order valence-corrected chi connectivity index (χ0v) is 14.0. The number of hydrogen-bond acceptors (Lipinski definition) is 5. The van der Waals surface area contributed by atoms with E-state index in [-0.39, 0.29) is 17.5 Å². The third kappa shape index (κ3) is 6.93. The minimum atomic E-state index is -3.01. The summed E-state index contributed by atoms with van der Waals surface area (Å²) in [5, 5.41) is 0. The van der Waals surface area contributed by atoms with Crippen LogP contribution in [0.1, 0.15) is 40.0 Å². The van der Waals surface area contributed by atoms with Crippen molar-refractivity contribution in [3.63, 3.8) is 0 Å². The van der Waals surface area contributed by atoms with Crippen LogP contribution in [0.2, 0.25) is 0 Å². The molecule has 21 heavy (non-hydrogen) atoms. The van der Waals surface area contributed by atoms with Crippen LogP contribution in [-0.4, -0.2) is 55.9 Å². The summed E-state index contributed by atoms with van der Waals surface area (Å²) in [5.41, 5.74) is -0.565. The number of sulfone groups is 1. The van der Waals surface area contributed by atoms with Crippen molar-refractivity contribution in [1.29, 1.82) is 0 Å². The van der Waals surface area contributed by atoms with Gasteiger partial charge in [-0.3, -0.25) is 4.79 Å². The maximum absolute atomic E-state index is 12.0. The molecule has 6 nitrogen and oxygen atoms in total. The van der Waals surface area contributed by atoms with Gasteiger partial charge in [0.2, 0.25) is 0 Å². The average Bonchev–Trinajstić information content (AvgIpc) is 2.27. The van der Waals surface area contributed by atoms with Gasteiger partial charge >= 0.3 is 6.09 Å². The zero-order valence-electron chi connectivity index (χ0n) is 13.2. The molecule has 0 radical (unpaired) electrons. The molecule has 1 atom stereocenters. The summed E-state index contributed by atoms with van der Waals surface area (Å²) in [6.07, 6.45) is 2.01. The van der Waals surface area contributed by atoms with Crippen molar-refractivity contribution in [2.24, 2.45) is 5.92 Å². The molecule has 0 bridgehead atoms. The molecule has 0 saturated carbocycles. The minimum Gasteiger partial charge on any atom is -0.444 e. The lowest BCUT2D eigenvalue weighted by molar-refractivity contribution is -0.126. The Kier molecular flexibility index (Phi) is 5.78. The summed E-state index contributed by atoms with van der Waals surface area (Å²) >= 11 is 0. The molecular weight excluding hydrogens is 294 g/mol. The Morgan fingerprint density at radius 3 is 2.52 bits per heavy atom. The van der Waals surface area contributed by atoms with Gasteiger partial charge in [-0.2, -0.15) is 0 Å². The van der Waals surface area contributed by atoms with Crippen LogP contribution in [0.4, 0.5) is 4.79 Å². The monoisotopic (exact) mass is 319 g/mol. The number of nitrogens with zero attached hydrogens (tertiary/aromatic N) is 1. The number of Topliss-reactive ketones (excluding diaryl/α,β-unsaturated/α-hetero) is 1. The molecule has 0 spiro atoms. The fraction of sp³-hybridized carbons (Fsp3) is 0.857. The highest BCUT2D eigenvalue weighted by Crippen LogP contribution is 2.20. The molecule has 122 valence electrons. The molecule has 0 aromatic rings. The molecule has 1 fully saturated rings. The molecule has 0 N–H and O–H groups in total. The van der Waals surface area contributed by atoms with Crippen molar-refractivity contribution in [1.82, 2.24) is 4.90 Å². The topological polar surface area (TPSA) is 80.8 Å². The lowest BCUT2D eigenvalue weighted by Gasteiger charge is -2.33. The van der Waals surface area contributed by atoms with Gasteiger partial charge in [0.05, 0.1) is 0 Å². The van der Waals surface area contributed by atoms with Crippen LogP contribution in [0, 0.1) is 5.92 Å². The van der Waals surface area contributed by atoms with Crippen molar-refractivity contribution in [3.8, 4) is 0 Å². The van der Waals surface area contributed by atoms with E-state index < -0.39 is 21.5 Å². The molecule has 0 aliphatic carbocycles. The summed E-state index contributed by atoms with van der Waals surface area (Å²) in [4.78, 5) is 25.4. The summed E-state index contributed by atoms with van der Waals surface area (Å²) < 4.78 is 27.5. The van der Waals surface area contributed by atoms with E-state index in [1.807, 2.05) is 0 Å². The van der Waals surface area contributed by atoms with Crippen LogP contribution < -0.4 is 0 Å². The number of amides is 1. The number of ether oxygens (including phenoxy) is 1. The van der Waals surface area contributed by atoms with E-state index in [0.29, 0.717) is 32.4 Å². The number of hydrogen-bond donors (Lipinski definition) is 0. The zero-order chi connectivity index (χ0) is 16.3. The number of rotatable bonds is 4. The second-order valence-electron chi connectivity index (χ2n) is 6.61. The Labute approximate surface area is 126 Å². The smallest absolute Gasteiger partial charge is 0.410 e. The van der Waals surface area contributed by atoms with E-state index in [2.05, 4.69) is 0 Å². The highest BCUT2D eigenvalue weighted by atomic mass is 32.2. The fourth-order valence-corrected chi connectivity index (χ4v) is 2.94. The Hall–Kier alpha value is -1.11. The highest BCUT2D eigenvalue weighted by Gasteiger charge is 2.31. The van der Waals surface area contributed by atoms with Gasteiger partial charge in [0.25, 0.3) is 0 Å². The summed E-state index contributed by atoms with van der Waals surface area (Å²) in [7, 11) is -3.01. The van der Waals surface area contributed by atoms with Crippen LogP contribution in [0.15, 0.2) is 0 Å². The van der Waals surface area contributed by atoms with E-state index in [1.54, 1.807) is 20.8 Å². The summed E-state index contributed by atoms with van der Waals surface area (Å²) in [6.45, 7) is 6.07. The molecule has 1 saturated heterocycles. The second kappa shape index (κ2) is 6.77. The van der Waals surface area contributed by atoms with E-state index in [9.17, 15) is 18.0 Å². The van der Waals surface area contributed by atoms with Crippen molar-refractivity contribution in [2.75, 3.05) is 25.1 Å². The lowest BCUT2D eigenvalue weighted by Crippen LogP contribution is -2.46. The van der Waals surface area contributed by atoms with Gasteiger partial charge in [0.1, 0.15) is 21.2 Å². The number of ketones is 1. The van der Waals surface area contributed by atoms with Crippen molar-refractivity contribution >= 4 is 21.7 Å². The van der Waals surface area contributed by atoms with E-state index in [0.717, 1.165) is 0 Å². The minimum absolute atomic E-state index is 0.0726. The number of likely N-dealkylation sites (tertiary alicyclic amines) is 1. The normalized spacial score (nSPS) is 20.5. The summed E-state index contributed by atoms with van der Waals surface area (Å²) in [6, 6.07) is 0. The van der Waals surface area contributed by atoms with Gasteiger partial charge in [-0.1, -0.05) is 0 Å². The van der Waals surface area contributed by atoms with Gasteiger partial charge in [-0.25, -0.2) is 13.2 Å². The quantitative estimate of drug-likeness (QED) is 0.787. The van der Waals surface area contributed by atoms with Crippen LogP contribution in [-0.2, 0) is 19.4 Å². The van der Waals surface area contributed by atoms with Gasteiger partial charge in [0.15, 0.2) is 0 Å². The Balaban J connectivity index is 2.54.